The van der Waals surface area contributed by atoms with Crippen LogP contribution in [-0.2, 0) is 0 Å². The van der Waals surface area contributed by atoms with E-state index in [0.717, 1.165) is 30.5 Å². The number of carbonyl (C=O) groups excluding carboxylic acids is 1. The summed E-state index contributed by atoms with van der Waals surface area (Å²) in [4.78, 5) is 17.7. The number of nitrogens with one attached hydrogen (secondary N) is 2. The fourth-order valence-corrected chi connectivity index (χ4v) is 2.44. The molecule has 21 heavy (non-hydrogen) atoms. The normalized spacial score (nSPS) is 11.0. The van der Waals surface area contributed by atoms with Crippen molar-refractivity contribution in [2.24, 2.45) is 0 Å². The molecule has 0 spiro atoms. The molecule has 0 unspecified atom stereocenters. The Morgan fingerprint density at radius 3 is 2.67 bits per heavy atom. The molecule has 0 fully saturated rings. The molecule has 114 valence electrons. The molecule has 2 aromatic rings. The maximum absolute atomic E-state index is 12.3. The molecular formula is C16H23N3O2. The summed E-state index contributed by atoms with van der Waals surface area (Å²) < 4.78 is 5.39. The highest BCUT2D eigenvalue weighted by Crippen LogP contribution is 2.29. The van der Waals surface area contributed by atoms with E-state index >= 15 is 0 Å². The van der Waals surface area contributed by atoms with Gasteiger partial charge in [-0.2, -0.15) is 0 Å². The van der Waals surface area contributed by atoms with Crippen LogP contribution in [0.1, 0.15) is 24.3 Å². The van der Waals surface area contributed by atoms with Gasteiger partial charge in [-0.25, -0.2) is 0 Å². The van der Waals surface area contributed by atoms with Gasteiger partial charge in [-0.15, -0.1) is 0 Å². The van der Waals surface area contributed by atoms with Gasteiger partial charge in [0, 0.05) is 24.0 Å². The van der Waals surface area contributed by atoms with Gasteiger partial charge >= 0.3 is 0 Å². The summed E-state index contributed by atoms with van der Waals surface area (Å²) in [5.41, 5.74) is 1.39. The maximum atomic E-state index is 12.3. The summed E-state index contributed by atoms with van der Waals surface area (Å²) in [6.07, 6.45) is 0. The highest BCUT2D eigenvalue weighted by atomic mass is 16.5. The molecule has 2 N–H and O–H groups in total. The van der Waals surface area contributed by atoms with E-state index in [0.29, 0.717) is 18.0 Å². The molecule has 2 rings (SSSR count). The van der Waals surface area contributed by atoms with Crippen LogP contribution in [0.25, 0.3) is 10.9 Å². The van der Waals surface area contributed by atoms with Gasteiger partial charge in [0.25, 0.3) is 5.91 Å². The summed E-state index contributed by atoms with van der Waals surface area (Å²) in [6.45, 7) is 7.68. The Morgan fingerprint density at radius 2 is 2.00 bits per heavy atom. The zero-order chi connectivity index (χ0) is 15.2. The molecule has 0 saturated carbocycles. The van der Waals surface area contributed by atoms with E-state index in [2.05, 4.69) is 29.0 Å². The number of fused-ring (bicyclic) bond motifs is 1. The summed E-state index contributed by atoms with van der Waals surface area (Å²) in [6, 6.07) is 7.74. The molecule has 0 aliphatic carbocycles. The third-order valence-corrected chi connectivity index (χ3v) is 3.70. The predicted molar refractivity (Wildman–Crippen MR) is 85.0 cm³/mol. The Morgan fingerprint density at radius 1 is 1.29 bits per heavy atom. The largest absolute Gasteiger partial charge is 0.494 e. The van der Waals surface area contributed by atoms with E-state index in [1.165, 1.54) is 0 Å². The topological polar surface area (TPSA) is 57.4 Å². The standard InChI is InChI=1S/C16H23N3O2/c1-4-19(5-2)11-10-17-16(20)14-15(21-3)12-8-6-7-9-13(12)18-14/h6-9,18H,4-5,10-11H2,1-3H3,(H,17,20). The smallest absolute Gasteiger partial charge is 0.271 e. The van der Waals surface area contributed by atoms with Gasteiger partial charge in [-0.05, 0) is 25.2 Å². The number of para-hydroxylation sites is 1. The molecule has 0 aliphatic heterocycles. The van der Waals surface area contributed by atoms with Crippen molar-refractivity contribution in [1.29, 1.82) is 0 Å². The average Bonchev–Trinajstić information content (AvgIpc) is 2.90. The molecular weight excluding hydrogens is 266 g/mol. The number of likely N-dealkylation sites (N-methyl/N-ethyl adjacent to an activating group) is 1. The SMILES string of the molecule is CCN(CC)CCNC(=O)c1[nH]c2ccccc2c1OC. The van der Waals surface area contributed by atoms with Gasteiger partial charge < -0.3 is 19.9 Å². The number of carbonyl (C=O) groups is 1. The van der Waals surface area contributed by atoms with Crippen LogP contribution in [0, 0.1) is 0 Å². The number of methoxy groups -OCH3 is 1. The summed E-state index contributed by atoms with van der Waals surface area (Å²) in [5, 5.41) is 3.87. The van der Waals surface area contributed by atoms with Crippen LogP contribution < -0.4 is 10.1 Å². The number of ether oxygens (including phenoxy) is 1. The minimum Gasteiger partial charge on any atom is -0.494 e. The Kier molecular flexibility index (Phi) is 5.22. The van der Waals surface area contributed by atoms with Crippen LogP contribution in [0.15, 0.2) is 24.3 Å². The zero-order valence-corrected chi connectivity index (χ0v) is 12.9. The molecule has 1 heterocycles. The number of aromatic nitrogens is 1. The van der Waals surface area contributed by atoms with Crippen molar-refractivity contribution in [3.8, 4) is 5.75 Å². The van der Waals surface area contributed by atoms with Gasteiger partial charge in [0.05, 0.1) is 7.11 Å². The average molecular weight is 289 g/mol. The first kappa shape index (κ1) is 15.4. The van der Waals surface area contributed by atoms with Crippen LogP contribution in [0.2, 0.25) is 0 Å². The van der Waals surface area contributed by atoms with Crippen LogP contribution in [0.5, 0.6) is 5.75 Å². The third-order valence-electron chi connectivity index (χ3n) is 3.70. The molecule has 1 aromatic carbocycles. The van der Waals surface area contributed by atoms with Gasteiger partial charge in [-0.1, -0.05) is 26.0 Å². The fourth-order valence-electron chi connectivity index (χ4n) is 2.44. The van der Waals surface area contributed by atoms with Gasteiger partial charge in [0.2, 0.25) is 0 Å². The van der Waals surface area contributed by atoms with E-state index in [9.17, 15) is 4.79 Å². The Bertz CT molecular complexity index is 603. The first-order chi connectivity index (χ1) is 10.2. The van der Waals surface area contributed by atoms with Gasteiger partial charge in [0.15, 0.2) is 5.75 Å². The number of nitrogens with zero attached hydrogens (tertiary/aromatic N) is 1. The molecule has 1 aromatic heterocycles. The van der Waals surface area contributed by atoms with Crippen LogP contribution in [0.3, 0.4) is 0 Å². The van der Waals surface area contributed by atoms with Gasteiger partial charge in [0.1, 0.15) is 5.69 Å². The van der Waals surface area contributed by atoms with Crippen molar-refractivity contribution in [3.05, 3.63) is 30.0 Å². The lowest BCUT2D eigenvalue weighted by atomic mass is 10.2. The van der Waals surface area contributed by atoms with Crippen molar-refractivity contribution in [2.75, 3.05) is 33.3 Å². The summed E-state index contributed by atoms with van der Waals surface area (Å²) in [5.74, 6) is 0.473. The number of amides is 1. The maximum Gasteiger partial charge on any atom is 0.271 e. The summed E-state index contributed by atoms with van der Waals surface area (Å²) >= 11 is 0. The second kappa shape index (κ2) is 7.13. The van der Waals surface area contributed by atoms with E-state index in [4.69, 9.17) is 4.74 Å². The number of H-pyrrole nitrogens is 1. The minimum absolute atomic E-state index is 0.129. The van der Waals surface area contributed by atoms with E-state index in [1.54, 1.807) is 7.11 Å². The number of hydrogen-bond donors (Lipinski definition) is 2. The number of hydrogen-bond acceptors (Lipinski definition) is 3. The predicted octanol–water partition coefficient (Wildman–Crippen LogP) is 2.25. The van der Waals surface area contributed by atoms with Crippen LogP contribution in [-0.4, -0.2) is 49.1 Å². The van der Waals surface area contributed by atoms with Crippen molar-refractivity contribution in [1.82, 2.24) is 15.2 Å². The summed E-state index contributed by atoms with van der Waals surface area (Å²) in [7, 11) is 1.59. The Hall–Kier alpha value is -2.01. The van der Waals surface area contributed by atoms with Crippen LogP contribution >= 0.6 is 0 Å². The molecule has 0 bridgehead atoms. The van der Waals surface area contributed by atoms with Gasteiger partial charge in [-0.3, -0.25) is 4.79 Å². The number of benzene rings is 1. The Balaban J connectivity index is 2.09. The molecule has 0 aliphatic rings. The molecule has 0 saturated heterocycles. The quantitative estimate of drug-likeness (QED) is 0.822. The van der Waals surface area contributed by atoms with Crippen molar-refractivity contribution in [3.63, 3.8) is 0 Å². The first-order valence-electron chi connectivity index (χ1n) is 7.36. The number of rotatable bonds is 7. The van der Waals surface area contributed by atoms with Crippen LogP contribution in [0.4, 0.5) is 0 Å². The lowest BCUT2D eigenvalue weighted by Gasteiger charge is -2.17. The second-order valence-electron chi connectivity index (χ2n) is 4.86. The van der Waals surface area contributed by atoms with E-state index < -0.39 is 0 Å². The number of aromatic amines is 1. The highest BCUT2D eigenvalue weighted by Gasteiger charge is 2.18. The molecule has 0 atom stereocenters. The highest BCUT2D eigenvalue weighted by molar-refractivity contribution is 6.03. The third kappa shape index (κ3) is 3.36. The first-order valence-corrected chi connectivity index (χ1v) is 7.36. The molecule has 5 nitrogen and oxygen atoms in total. The monoisotopic (exact) mass is 289 g/mol. The zero-order valence-electron chi connectivity index (χ0n) is 12.9. The van der Waals surface area contributed by atoms with Crippen molar-refractivity contribution < 1.29 is 9.53 Å². The lowest BCUT2D eigenvalue weighted by molar-refractivity contribution is 0.0941. The van der Waals surface area contributed by atoms with E-state index in [1.807, 2.05) is 24.3 Å². The lowest BCUT2D eigenvalue weighted by Crippen LogP contribution is -2.35. The second-order valence-corrected chi connectivity index (χ2v) is 4.86. The fraction of sp³-hybridized carbons (Fsp3) is 0.438. The molecule has 5 heteroatoms. The Labute approximate surface area is 125 Å². The minimum atomic E-state index is -0.129. The molecule has 1 amide bonds. The molecule has 0 radical (unpaired) electrons. The van der Waals surface area contributed by atoms with E-state index in [-0.39, 0.29) is 5.91 Å². The van der Waals surface area contributed by atoms with Crippen molar-refractivity contribution in [2.45, 2.75) is 13.8 Å². The van der Waals surface area contributed by atoms with Crippen molar-refractivity contribution >= 4 is 16.8 Å².